The molecule has 4 aromatic rings. The molecule has 4 heteroatoms. The Morgan fingerprint density at radius 3 is 2.37 bits per heavy atom. The highest BCUT2D eigenvalue weighted by Gasteiger charge is 2.13. The van der Waals surface area contributed by atoms with Crippen LogP contribution in [-0.2, 0) is 13.6 Å². The molecule has 0 bridgehead atoms. The first-order valence-corrected chi connectivity index (χ1v) is 8.80. The molecule has 2 aromatic carbocycles. The van der Waals surface area contributed by atoms with Crippen molar-refractivity contribution in [2.45, 2.75) is 6.54 Å². The maximum Gasteiger partial charge on any atom is 0.258 e. The summed E-state index contributed by atoms with van der Waals surface area (Å²) in [6.07, 6.45) is 3.73. The average molecular weight is 355 g/mol. The van der Waals surface area contributed by atoms with Gasteiger partial charge in [-0.1, -0.05) is 48.5 Å². The van der Waals surface area contributed by atoms with Gasteiger partial charge in [0.1, 0.15) is 0 Å². The molecular formula is C23H19N2O2+. The lowest BCUT2D eigenvalue weighted by Gasteiger charge is -2.09. The molecule has 4 rings (SSSR count). The maximum absolute atomic E-state index is 12.7. The number of aromatic nitrogens is 2. The van der Waals surface area contributed by atoms with Crippen molar-refractivity contribution in [3.8, 4) is 11.1 Å². The lowest BCUT2D eigenvalue weighted by molar-refractivity contribution is -0.683. The van der Waals surface area contributed by atoms with E-state index in [1.54, 1.807) is 23.7 Å². The van der Waals surface area contributed by atoms with E-state index in [2.05, 4.69) is 0 Å². The van der Waals surface area contributed by atoms with Gasteiger partial charge in [-0.25, -0.2) is 0 Å². The fourth-order valence-electron chi connectivity index (χ4n) is 3.26. The van der Waals surface area contributed by atoms with Crippen LogP contribution in [0.5, 0.6) is 0 Å². The molecule has 0 radical (unpaired) electrons. The zero-order valence-electron chi connectivity index (χ0n) is 15.0. The average Bonchev–Trinajstić information content (AvgIpc) is 2.71. The van der Waals surface area contributed by atoms with Crippen molar-refractivity contribution < 1.29 is 9.36 Å². The Morgan fingerprint density at radius 2 is 1.63 bits per heavy atom. The van der Waals surface area contributed by atoms with Gasteiger partial charge in [0.2, 0.25) is 12.3 Å². The van der Waals surface area contributed by atoms with Gasteiger partial charge in [0.05, 0.1) is 5.52 Å². The summed E-state index contributed by atoms with van der Waals surface area (Å²) in [5, 5.41) is 1.01. The van der Waals surface area contributed by atoms with Crippen molar-refractivity contribution in [1.29, 1.82) is 0 Å². The number of ketones is 1. The number of hydrogen-bond acceptors (Lipinski definition) is 2. The van der Waals surface area contributed by atoms with Crippen molar-refractivity contribution in [2.24, 2.45) is 7.05 Å². The highest BCUT2D eigenvalue weighted by Crippen LogP contribution is 2.21. The summed E-state index contributed by atoms with van der Waals surface area (Å²) >= 11 is 0. The van der Waals surface area contributed by atoms with Crippen LogP contribution in [0.25, 0.3) is 22.0 Å². The predicted octanol–water partition coefficient (Wildman–Crippen LogP) is 3.38. The molecule has 0 aliphatic rings. The lowest BCUT2D eigenvalue weighted by Crippen LogP contribution is -2.36. The number of nitrogens with zero attached hydrogens (tertiary/aromatic N) is 2. The quantitative estimate of drug-likeness (QED) is 0.416. The Labute approximate surface area is 157 Å². The van der Waals surface area contributed by atoms with Gasteiger partial charge in [-0.3, -0.25) is 9.59 Å². The van der Waals surface area contributed by atoms with Crippen molar-refractivity contribution in [1.82, 2.24) is 4.57 Å². The second-order valence-corrected chi connectivity index (χ2v) is 6.53. The van der Waals surface area contributed by atoms with Gasteiger partial charge in [0.25, 0.3) is 5.56 Å². The second kappa shape index (κ2) is 7.00. The molecule has 0 unspecified atom stereocenters. The number of benzene rings is 2. The number of hydrogen-bond donors (Lipinski definition) is 0. The van der Waals surface area contributed by atoms with E-state index in [0.29, 0.717) is 11.1 Å². The molecule has 2 aromatic heterocycles. The van der Waals surface area contributed by atoms with Crippen LogP contribution in [0.2, 0.25) is 0 Å². The molecule has 4 nitrogen and oxygen atoms in total. The summed E-state index contributed by atoms with van der Waals surface area (Å²) in [4.78, 5) is 25.2. The molecule has 0 saturated carbocycles. The SMILES string of the molecule is Cn1c(=O)c(-c2ccc(C(=O)C[n+]3ccccc3)cc2)cc2ccccc21. The van der Waals surface area contributed by atoms with E-state index in [4.69, 9.17) is 0 Å². The largest absolute Gasteiger partial charge is 0.311 e. The monoisotopic (exact) mass is 355 g/mol. The fraction of sp³-hybridized carbons (Fsp3) is 0.0870. The van der Waals surface area contributed by atoms with Crippen LogP contribution in [0.15, 0.2) is 90.0 Å². The molecule has 2 heterocycles. The predicted molar refractivity (Wildman–Crippen MR) is 106 cm³/mol. The molecule has 132 valence electrons. The zero-order chi connectivity index (χ0) is 18.8. The summed E-state index contributed by atoms with van der Waals surface area (Å²) in [5.41, 5.74) is 2.93. The van der Waals surface area contributed by atoms with E-state index in [1.165, 1.54) is 0 Å². The van der Waals surface area contributed by atoms with Gasteiger partial charge in [0.15, 0.2) is 12.4 Å². The number of para-hydroxylation sites is 1. The summed E-state index contributed by atoms with van der Waals surface area (Å²) in [6, 6.07) is 22.7. The van der Waals surface area contributed by atoms with E-state index >= 15 is 0 Å². The van der Waals surface area contributed by atoms with Crippen LogP contribution in [-0.4, -0.2) is 10.4 Å². The Hall–Kier alpha value is -3.53. The number of Topliss-reactive ketones (excluding diaryl/α,β-unsaturated/α-hetero) is 1. The van der Waals surface area contributed by atoms with Crippen LogP contribution in [0.1, 0.15) is 10.4 Å². The molecule has 0 amide bonds. The maximum atomic E-state index is 12.7. The fourth-order valence-corrected chi connectivity index (χ4v) is 3.26. The number of pyridine rings is 2. The third-order valence-electron chi connectivity index (χ3n) is 4.75. The zero-order valence-corrected chi connectivity index (χ0v) is 15.0. The molecular weight excluding hydrogens is 336 g/mol. The van der Waals surface area contributed by atoms with Crippen molar-refractivity contribution >= 4 is 16.7 Å². The van der Waals surface area contributed by atoms with Crippen LogP contribution in [0, 0.1) is 0 Å². The van der Waals surface area contributed by atoms with Crippen molar-refractivity contribution in [2.75, 3.05) is 0 Å². The number of rotatable bonds is 4. The Bertz CT molecular complexity index is 1180. The Balaban J connectivity index is 1.67. The molecule has 0 aliphatic heterocycles. The topological polar surface area (TPSA) is 43.0 Å². The van der Waals surface area contributed by atoms with E-state index in [1.807, 2.05) is 77.6 Å². The Morgan fingerprint density at radius 1 is 0.926 bits per heavy atom. The lowest BCUT2D eigenvalue weighted by atomic mass is 10.0. The van der Waals surface area contributed by atoms with Gasteiger partial charge in [-0.05, 0) is 23.1 Å². The van der Waals surface area contributed by atoms with Crippen molar-refractivity contribution in [3.05, 3.63) is 101 Å². The first-order valence-electron chi connectivity index (χ1n) is 8.80. The minimum absolute atomic E-state index is 0.0316. The number of carbonyl (C=O) groups is 1. The highest BCUT2D eigenvalue weighted by molar-refractivity contribution is 5.95. The highest BCUT2D eigenvalue weighted by atomic mass is 16.1. The summed E-state index contributed by atoms with van der Waals surface area (Å²) in [6.45, 7) is 0.290. The molecule has 27 heavy (non-hydrogen) atoms. The molecule has 0 aliphatic carbocycles. The van der Waals surface area contributed by atoms with Gasteiger partial charge in [-0.15, -0.1) is 0 Å². The Kier molecular flexibility index (Phi) is 4.38. The molecule has 0 N–H and O–H groups in total. The molecule has 0 spiro atoms. The van der Waals surface area contributed by atoms with Gasteiger partial charge < -0.3 is 4.57 Å². The third kappa shape index (κ3) is 3.29. The van der Waals surface area contributed by atoms with Crippen LogP contribution >= 0.6 is 0 Å². The number of fused-ring (bicyclic) bond motifs is 1. The van der Waals surface area contributed by atoms with E-state index in [-0.39, 0.29) is 17.9 Å². The normalized spacial score (nSPS) is 10.9. The first kappa shape index (κ1) is 16.9. The summed E-state index contributed by atoms with van der Waals surface area (Å²) in [5.74, 6) is 0.0316. The molecule has 0 saturated heterocycles. The van der Waals surface area contributed by atoms with Crippen LogP contribution in [0.4, 0.5) is 0 Å². The van der Waals surface area contributed by atoms with Gasteiger partial charge in [0, 0.05) is 30.3 Å². The van der Waals surface area contributed by atoms with E-state index in [0.717, 1.165) is 16.5 Å². The summed E-state index contributed by atoms with van der Waals surface area (Å²) < 4.78 is 3.51. The van der Waals surface area contributed by atoms with E-state index in [9.17, 15) is 9.59 Å². The van der Waals surface area contributed by atoms with Gasteiger partial charge in [-0.2, -0.15) is 4.57 Å². The molecule has 0 atom stereocenters. The first-order chi connectivity index (χ1) is 13.1. The second-order valence-electron chi connectivity index (χ2n) is 6.53. The molecule has 0 fully saturated rings. The van der Waals surface area contributed by atoms with Gasteiger partial charge >= 0.3 is 0 Å². The standard InChI is InChI=1S/C23H19N2O2/c1-24-21-8-4-3-7-19(21)15-20(23(24)27)17-9-11-18(12-10-17)22(26)16-25-13-5-2-6-14-25/h2-15H,16H2,1H3/q+1. The number of carbonyl (C=O) groups excluding carboxylic acids is 1. The van der Waals surface area contributed by atoms with Crippen molar-refractivity contribution in [3.63, 3.8) is 0 Å². The minimum Gasteiger partial charge on any atom is -0.311 e. The number of aryl methyl sites for hydroxylation is 1. The van der Waals surface area contributed by atoms with E-state index < -0.39 is 0 Å². The summed E-state index contributed by atoms with van der Waals surface area (Å²) in [7, 11) is 1.78. The smallest absolute Gasteiger partial charge is 0.258 e. The van der Waals surface area contributed by atoms with Crippen LogP contribution < -0.4 is 10.1 Å². The third-order valence-corrected chi connectivity index (χ3v) is 4.75. The van der Waals surface area contributed by atoms with Crippen LogP contribution in [0.3, 0.4) is 0 Å². The minimum atomic E-state index is -0.0485.